The van der Waals surface area contributed by atoms with Gasteiger partial charge < -0.3 is 9.64 Å². The smallest absolute Gasteiger partial charge is 0.232 e. The van der Waals surface area contributed by atoms with Gasteiger partial charge >= 0.3 is 0 Å². The first-order chi connectivity index (χ1) is 9.55. The van der Waals surface area contributed by atoms with Gasteiger partial charge in [0.2, 0.25) is 16.0 Å². The molecule has 20 heavy (non-hydrogen) atoms. The van der Waals surface area contributed by atoms with Gasteiger partial charge in [0, 0.05) is 13.1 Å². The van der Waals surface area contributed by atoms with E-state index >= 15 is 0 Å². The van der Waals surface area contributed by atoms with Crippen molar-refractivity contribution in [2.75, 3.05) is 41.7 Å². The Hall–Kier alpha value is -1.41. The van der Waals surface area contributed by atoms with Crippen molar-refractivity contribution in [1.82, 2.24) is 9.97 Å². The van der Waals surface area contributed by atoms with Gasteiger partial charge in [-0.2, -0.15) is 0 Å². The van der Waals surface area contributed by atoms with E-state index in [9.17, 15) is 8.42 Å². The zero-order valence-corrected chi connectivity index (χ0v) is 12.3. The van der Waals surface area contributed by atoms with E-state index < -0.39 is 10.0 Å². The molecule has 1 aromatic rings. The van der Waals surface area contributed by atoms with Gasteiger partial charge in [-0.25, -0.2) is 18.4 Å². The quantitative estimate of drug-likeness (QED) is 0.785. The third kappa shape index (κ3) is 2.57. The minimum absolute atomic E-state index is 0.304. The highest BCUT2D eigenvalue weighted by Gasteiger charge is 2.26. The second-order valence-corrected chi connectivity index (χ2v) is 6.99. The lowest BCUT2D eigenvalue weighted by Gasteiger charge is -2.22. The third-order valence-corrected chi connectivity index (χ3v) is 4.75. The first-order valence-electron chi connectivity index (χ1n) is 6.72. The van der Waals surface area contributed by atoms with Crippen molar-refractivity contribution in [2.24, 2.45) is 0 Å². The normalized spacial score (nSPS) is 19.9. The molecule has 3 heterocycles. The molecule has 1 saturated heterocycles. The molecule has 2 aliphatic heterocycles. The number of ether oxygens (including phenoxy) is 1. The van der Waals surface area contributed by atoms with Gasteiger partial charge in [-0.15, -0.1) is 0 Å². The molecule has 0 spiro atoms. The van der Waals surface area contributed by atoms with Gasteiger partial charge in [0.1, 0.15) is 0 Å². The average molecular weight is 298 g/mol. The Morgan fingerprint density at radius 2 is 2.00 bits per heavy atom. The summed E-state index contributed by atoms with van der Waals surface area (Å²) in [6, 6.07) is 0. The van der Waals surface area contributed by atoms with Gasteiger partial charge in [-0.1, -0.05) is 0 Å². The summed E-state index contributed by atoms with van der Waals surface area (Å²) in [5.74, 6) is 0.667. The number of fused-ring (bicyclic) bond motifs is 1. The Balaban J connectivity index is 1.99. The van der Waals surface area contributed by atoms with Crippen LogP contribution in [0.1, 0.15) is 18.5 Å². The molecular weight excluding hydrogens is 280 g/mol. The molecule has 1 aromatic heterocycles. The van der Waals surface area contributed by atoms with E-state index in [1.54, 1.807) is 6.20 Å². The van der Waals surface area contributed by atoms with E-state index in [-0.39, 0.29) is 0 Å². The van der Waals surface area contributed by atoms with Crippen LogP contribution in [0.25, 0.3) is 0 Å². The maximum absolute atomic E-state index is 11.8. The number of anilines is 2. The summed E-state index contributed by atoms with van der Waals surface area (Å²) in [4.78, 5) is 11.0. The highest BCUT2D eigenvalue weighted by molar-refractivity contribution is 7.92. The summed E-state index contributed by atoms with van der Waals surface area (Å²) in [6.07, 6.45) is 5.08. The van der Waals surface area contributed by atoms with Gasteiger partial charge in [0.25, 0.3) is 0 Å². The third-order valence-electron chi connectivity index (χ3n) is 3.57. The molecule has 0 aromatic carbocycles. The van der Waals surface area contributed by atoms with Crippen LogP contribution in [-0.2, 0) is 21.4 Å². The molecule has 0 bridgehead atoms. The van der Waals surface area contributed by atoms with Crippen LogP contribution in [0.4, 0.5) is 11.6 Å². The number of sulfonamides is 1. The van der Waals surface area contributed by atoms with Gasteiger partial charge in [-0.3, -0.25) is 4.31 Å². The zero-order chi connectivity index (χ0) is 14.2. The molecule has 8 heteroatoms. The Labute approximate surface area is 118 Å². The number of hydrogen-bond acceptors (Lipinski definition) is 6. The summed E-state index contributed by atoms with van der Waals surface area (Å²) < 4.78 is 30.5. The SMILES string of the molecule is CS(=O)(=O)N1CCOCc2nc(N3CCCC3)ncc21. The van der Waals surface area contributed by atoms with Crippen LogP contribution in [0.15, 0.2) is 6.20 Å². The summed E-state index contributed by atoms with van der Waals surface area (Å²) >= 11 is 0. The zero-order valence-electron chi connectivity index (χ0n) is 11.4. The van der Waals surface area contributed by atoms with E-state index in [4.69, 9.17) is 4.74 Å². The Morgan fingerprint density at radius 1 is 1.25 bits per heavy atom. The van der Waals surface area contributed by atoms with E-state index in [1.165, 1.54) is 10.6 Å². The monoisotopic (exact) mass is 298 g/mol. The first kappa shape index (κ1) is 13.6. The molecule has 0 saturated carbocycles. The summed E-state index contributed by atoms with van der Waals surface area (Å²) in [5.41, 5.74) is 1.18. The van der Waals surface area contributed by atoms with Crippen LogP contribution in [0.2, 0.25) is 0 Å². The molecule has 0 N–H and O–H groups in total. The molecular formula is C12H18N4O3S. The van der Waals surface area contributed by atoms with Gasteiger partial charge in [0.15, 0.2) is 0 Å². The average Bonchev–Trinajstić information content (AvgIpc) is 2.83. The maximum Gasteiger partial charge on any atom is 0.232 e. The minimum Gasteiger partial charge on any atom is -0.373 e. The number of nitrogens with zero attached hydrogens (tertiary/aromatic N) is 4. The fourth-order valence-electron chi connectivity index (χ4n) is 2.57. The summed E-state index contributed by atoms with van der Waals surface area (Å²) in [7, 11) is -3.33. The second-order valence-electron chi connectivity index (χ2n) is 5.08. The van der Waals surface area contributed by atoms with Crippen LogP contribution in [0.5, 0.6) is 0 Å². The fraction of sp³-hybridized carbons (Fsp3) is 0.667. The van der Waals surface area contributed by atoms with Gasteiger partial charge in [0.05, 0.1) is 43.6 Å². The predicted octanol–water partition coefficient (Wildman–Crippen LogP) is 0.373. The molecule has 0 atom stereocenters. The number of aromatic nitrogens is 2. The van der Waals surface area contributed by atoms with E-state index in [0.717, 1.165) is 25.9 Å². The number of rotatable bonds is 2. The number of hydrogen-bond donors (Lipinski definition) is 0. The molecule has 1 fully saturated rings. The summed E-state index contributed by atoms with van der Waals surface area (Å²) in [6.45, 7) is 2.90. The second kappa shape index (κ2) is 5.17. The fourth-order valence-corrected chi connectivity index (χ4v) is 3.48. The molecule has 7 nitrogen and oxygen atoms in total. The highest BCUT2D eigenvalue weighted by atomic mass is 32.2. The topological polar surface area (TPSA) is 75.6 Å². The highest BCUT2D eigenvalue weighted by Crippen LogP contribution is 2.26. The minimum atomic E-state index is -3.33. The molecule has 2 aliphatic rings. The lowest BCUT2D eigenvalue weighted by molar-refractivity contribution is 0.131. The Morgan fingerprint density at radius 3 is 2.70 bits per heavy atom. The molecule has 0 amide bonds. The molecule has 0 unspecified atom stereocenters. The van der Waals surface area contributed by atoms with E-state index in [2.05, 4.69) is 14.9 Å². The lowest BCUT2D eigenvalue weighted by atomic mass is 10.3. The molecule has 0 aliphatic carbocycles. The van der Waals surface area contributed by atoms with E-state index in [0.29, 0.717) is 37.1 Å². The van der Waals surface area contributed by atoms with Crippen LogP contribution in [-0.4, -0.2) is 50.9 Å². The van der Waals surface area contributed by atoms with Crippen LogP contribution < -0.4 is 9.21 Å². The summed E-state index contributed by atoms with van der Waals surface area (Å²) in [5, 5.41) is 0. The van der Waals surface area contributed by atoms with Crippen LogP contribution >= 0.6 is 0 Å². The van der Waals surface area contributed by atoms with Crippen LogP contribution in [0.3, 0.4) is 0 Å². The maximum atomic E-state index is 11.8. The Kier molecular flexibility index (Phi) is 3.51. The van der Waals surface area contributed by atoms with E-state index in [1.807, 2.05) is 0 Å². The van der Waals surface area contributed by atoms with Crippen molar-refractivity contribution in [3.05, 3.63) is 11.9 Å². The van der Waals surface area contributed by atoms with Crippen molar-refractivity contribution >= 4 is 21.7 Å². The molecule has 0 radical (unpaired) electrons. The van der Waals surface area contributed by atoms with Crippen molar-refractivity contribution in [2.45, 2.75) is 19.4 Å². The van der Waals surface area contributed by atoms with Crippen molar-refractivity contribution in [3.8, 4) is 0 Å². The standard InChI is InChI=1S/C12H18N4O3S/c1-20(17,18)16-6-7-19-9-10-11(16)8-13-12(14-10)15-4-2-3-5-15/h8H,2-7,9H2,1H3. The van der Waals surface area contributed by atoms with Crippen molar-refractivity contribution < 1.29 is 13.2 Å². The predicted molar refractivity (Wildman–Crippen MR) is 75.3 cm³/mol. The van der Waals surface area contributed by atoms with Crippen molar-refractivity contribution in [3.63, 3.8) is 0 Å². The van der Waals surface area contributed by atoms with Crippen molar-refractivity contribution in [1.29, 1.82) is 0 Å². The Bertz CT molecular complexity index is 599. The molecule has 3 rings (SSSR count). The largest absolute Gasteiger partial charge is 0.373 e. The molecule has 110 valence electrons. The van der Waals surface area contributed by atoms with Gasteiger partial charge in [-0.05, 0) is 12.8 Å². The van der Waals surface area contributed by atoms with Crippen LogP contribution in [0, 0.1) is 0 Å². The first-order valence-corrected chi connectivity index (χ1v) is 8.57. The lowest BCUT2D eigenvalue weighted by Crippen LogP contribution is -2.32.